The van der Waals surface area contributed by atoms with Crippen molar-refractivity contribution in [3.63, 3.8) is 0 Å². The number of hydrogen-bond donors (Lipinski definition) is 1. The van der Waals surface area contributed by atoms with Crippen LogP contribution in [0.4, 0.5) is 0 Å². The van der Waals surface area contributed by atoms with Gasteiger partial charge in [0.2, 0.25) is 0 Å². The van der Waals surface area contributed by atoms with E-state index in [2.05, 4.69) is 26.1 Å². The standard InChI is InChI=1S/C20H41N/c1-4-6-7-8-9-10-11-12-16-20(21-5-2)19-15-13-14-18(3)17-19/h18-21H,4-17H2,1-3H3. The molecule has 1 heteroatoms. The van der Waals surface area contributed by atoms with Gasteiger partial charge in [0, 0.05) is 6.04 Å². The van der Waals surface area contributed by atoms with Gasteiger partial charge >= 0.3 is 0 Å². The summed E-state index contributed by atoms with van der Waals surface area (Å²) in [6, 6.07) is 0.804. The van der Waals surface area contributed by atoms with Crippen LogP contribution >= 0.6 is 0 Å². The molecule has 1 aliphatic carbocycles. The van der Waals surface area contributed by atoms with Crippen molar-refractivity contribution in [2.24, 2.45) is 11.8 Å². The van der Waals surface area contributed by atoms with Gasteiger partial charge in [0.1, 0.15) is 0 Å². The molecule has 0 bridgehead atoms. The highest BCUT2D eigenvalue weighted by Crippen LogP contribution is 2.32. The summed E-state index contributed by atoms with van der Waals surface area (Å²) < 4.78 is 0. The Labute approximate surface area is 134 Å². The van der Waals surface area contributed by atoms with Gasteiger partial charge in [-0.1, -0.05) is 85.0 Å². The molecule has 1 fully saturated rings. The maximum Gasteiger partial charge on any atom is 0.00953 e. The normalized spacial score (nSPS) is 24.1. The van der Waals surface area contributed by atoms with Crippen molar-refractivity contribution in [2.45, 2.75) is 110 Å². The highest BCUT2D eigenvalue weighted by molar-refractivity contribution is 4.81. The molecule has 0 saturated heterocycles. The largest absolute Gasteiger partial charge is 0.314 e. The average molecular weight is 296 g/mol. The molecule has 21 heavy (non-hydrogen) atoms. The van der Waals surface area contributed by atoms with Crippen molar-refractivity contribution in [2.75, 3.05) is 6.54 Å². The van der Waals surface area contributed by atoms with Gasteiger partial charge in [-0.3, -0.25) is 0 Å². The molecule has 0 aromatic rings. The Balaban J connectivity index is 2.10. The van der Waals surface area contributed by atoms with E-state index >= 15 is 0 Å². The van der Waals surface area contributed by atoms with Crippen LogP contribution in [0.5, 0.6) is 0 Å². The molecule has 0 aliphatic heterocycles. The molecule has 1 saturated carbocycles. The van der Waals surface area contributed by atoms with Crippen LogP contribution in [0.15, 0.2) is 0 Å². The van der Waals surface area contributed by atoms with Crippen LogP contribution in [-0.2, 0) is 0 Å². The fourth-order valence-electron chi connectivity index (χ4n) is 4.11. The first-order valence-electron chi connectivity index (χ1n) is 10.0. The molecule has 1 aliphatic rings. The van der Waals surface area contributed by atoms with Crippen LogP contribution in [0.3, 0.4) is 0 Å². The van der Waals surface area contributed by atoms with Crippen LogP contribution < -0.4 is 5.32 Å². The quantitative estimate of drug-likeness (QED) is 0.415. The van der Waals surface area contributed by atoms with E-state index in [0.717, 1.165) is 24.4 Å². The van der Waals surface area contributed by atoms with Crippen molar-refractivity contribution in [1.82, 2.24) is 5.32 Å². The summed E-state index contributed by atoms with van der Waals surface area (Å²) in [6.07, 6.45) is 18.8. The highest BCUT2D eigenvalue weighted by atomic mass is 14.9. The van der Waals surface area contributed by atoms with E-state index in [1.54, 1.807) is 0 Å². The second-order valence-corrected chi connectivity index (χ2v) is 7.46. The van der Waals surface area contributed by atoms with Gasteiger partial charge in [0.25, 0.3) is 0 Å². The lowest BCUT2D eigenvalue weighted by molar-refractivity contribution is 0.213. The van der Waals surface area contributed by atoms with Crippen molar-refractivity contribution >= 4 is 0 Å². The maximum absolute atomic E-state index is 3.79. The smallest absolute Gasteiger partial charge is 0.00953 e. The van der Waals surface area contributed by atoms with Crippen molar-refractivity contribution < 1.29 is 0 Å². The Bertz CT molecular complexity index is 226. The predicted octanol–water partition coefficient (Wildman–Crippen LogP) is 6.32. The van der Waals surface area contributed by atoms with Crippen molar-refractivity contribution in [1.29, 1.82) is 0 Å². The molecule has 0 aromatic heterocycles. The first-order chi connectivity index (χ1) is 10.3. The first-order valence-corrected chi connectivity index (χ1v) is 10.0. The molecule has 1 nitrogen and oxygen atoms in total. The Morgan fingerprint density at radius 3 is 2.19 bits per heavy atom. The van der Waals surface area contributed by atoms with Gasteiger partial charge < -0.3 is 5.32 Å². The Morgan fingerprint density at radius 1 is 0.905 bits per heavy atom. The van der Waals surface area contributed by atoms with Crippen molar-refractivity contribution in [3.8, 4) is 0 Å². The van der Waals surface area contributed by atoms with Crippen LogP contribution in [0.1, 0.15) is 104 Å². The molecule has 1 N–H and O–H groups in total. The van der Waals surface area contributed by atoms with Gasteiger partial charge in [0.05, 0.1) is 0 Å². The maximum atomic E-state index is 3.79. The summed E-state index contributed by atoms with van der Waals surface area (Å²) in [5.41, 5.74) is 0. The zero-order chi connectivity index (χ0) is 15.3. The second kappa shape index (κ2) is 12.5. The fraction of sp³-hybridized carbons (Fsp3) is 1.00. The van der Waals surface area contributed by atoms with Crippen LogP contribution in [0.2, 0.25) is 0 Å². The average Bonchev–Trinajstić information content (AvgIpc) is 2.49. The number of hydrogen-bond acceptors (Lipinski definition) is 1. The molecule has 0 radical (unpaired) electrons. The number of rotatable bonds is 12. The number of nitrogens with one attached hydrogen (secondary N) is 1. The van der Waals surface area contributed by atoms with Gasteiger partial charge in [-0.05, 0) is 37.6 Å². The molecule has 1 rings (SSSR count). The summed E-state index contributed by atoms with van der Waals surface area (Å²) in [5.74, 6) is 1.92. The second-order valence-electron chi connectivity index (χ2n) is 7.46. The Hall–Kier alpha value is -0.0400. The summed E-state index contributed by atoms with van der Waals surface area (Å²) in [6.45, 7) is 8.16. The summed E-state index contributed by atoms with van der Waals surface area (Å²) >= 11 is 0. The zero-order valence-corrected chi connectivity index (χ0v) is 15.1. The van der Waals surface area contributed by atoms with Gasteiger partial charge in [-0.15, -0.1) is 0 Å². The summed E-state index contributed by atoms with van der Waals surface area (Å²) in [7, 11) is 0. The third-order valence-electron chi connectivity index (χ3n) is 5.38. The highest BCUT2D eigenvalue weighted by Gasteiger charge is 2.25. The minimum absolute atomic E-state index is 0.804. The Morgan fingerprint density at radius 2 is 1.57 bits per heavy atom. The lowest BCUT2D eigenvalue weighted by Gasteiger charge is -2.34. The van der Waals surface area contributed by atoms with E-state index in [9.17, 15) is 0 Å². The molecule has 0 spiro atoms. The van der Waals surface area contributed by atoms with E-state index in [1.165, 1.54) is 83.5 Å². The van der Waals surface area contributed by atoms with Crippen molar-refractivity contribution in [3.05, 3.63) is 0 Å². The molecule has 3 unspecified atom stereocenters. The minimum atomic E-state index is 0.804. The van der Waals surface area contributed by atoms with Gasteiger partial charge in [-0.25, -0.2) is 0 Å². The Kier molecular flexibility index (Phi) is 11.3. The molecule has 0 heterocycles. The molecule has 126 valence electrons. The monoisotopic (exact) mass is 295 g/mol. The van der Waals surface area contributed by atoms with E-state index in [1.807, 2.05) is 0 Å². The topological polar surface area (TPSA) is 12.0 Å². The fourth-order valence-corrected chi connectivity index (χ4v) is 4.11. The van der Waals surface area contributed by atoms with Gasteiger partial charge in [-0.2, -0.15) is 0 Å². The molecule has 3 atom stereocenters. The molecule has 0 aromatic carbocycles. The van der Waals surface area contributed by atoms with E-state index < -0.39 is 0 Å². The van der Waals surface area contributed by atoms with Crippen LogP contribution in [-0.4, -0.2) is 12.6 Å². The first kappa shape index (κ1) is 19.0. The third kappa shape index (κ3) is 8.86. The van der Waals surface area contributed by atoms with E-state index in [-0.39, 0.29) is 0 Å². The third-order valence-corrected chi connectivity index (χ3v) is 5.38. The predicted molar refractivity (Wildman–Crippen MR) is 95.8 cm³/mol. The SMILES string of the molecule is CCCCCCCCCCC(NCC)C1CCCC(C)C1. The molecule has 0 amide bonds. The lowest BCUT2D eigenvalue weighted by atomic mass is 9.77. The van der Waals surface area contributed by atoms with Crippen LogP contribution in [0.25, 0.3) is 0 Å². The minimum Gasteiger partial charge on any atom is -0.314 e. The molecular formula is C20H41N. The van der Waals surface area contributed by atoms with E-state index in [4.69, 9.17) is 0 Å². The zero-order valence-electron chi connectivity index (χ0n) is 15.1. The number of unbranched alkanes of at least 4 members (excludes halogenated alkanes) is 7. The lowest BCUT2D eigenvalue weighted by Crippen LogP contribution is -2.38. The summed E-state index contributed by atoms with van der Waals surface area (Å²) in [4.78, 5) is 0. The van der Waals surface area contributed by atoms with Crippen LogP contribution in [0, 0.1) is 11.8 Å². The summed E-state index contributed by atoms with van der Waals surface area (Å²) in [5, 5.41) is 3.79. The van der Waals surface area contributed by atoms with E-state index in [0.29, 0.717) is 0 Å². The molecular weight excluding hydrogens is 254 g/mol. The van der Waals surface area contributed by atoms with Gasteiger partial charge in [0.15, 0.2) is 0 Å².